The third-order valence-corrected chi connectivity index (χ3v) is 7.63. The lowest BCUT2D eigenvalue weighted by Gasteiger charge is -2.43. The van der Waals surface area contributed by atoms with Crippen LogP contribution >= 0.6 is 11.3 Å². The predicted octanol–water partition coefficient (Wildman–Crippen LogP) is 8.66. The zero-order chi connectivity index (χ0) is 29.9. The van der Waals surface area contributed by atoms with Gasteiger partial charge in [-0.15, -0.1) is 11.3 Å². The highest BCUT2D eigenvalue weighted by Gasteiger charge is 2.39. The maximum atomic E-state index is 9.46. The second-order valence-corrected chi connectivity index (χ2v) is 11.1. The average Bonchev–Trinajstić information content (AvgIpc) is 3.24. The fourth-order valence-corrected chi connectivity index (χ4v) is 5.96. The normalized spacial score (nSPS) is 22.0. The number of aromatic nitrogens is 1. The molecule has 0 spiro atoms. The summed E-state index contributed by atoms with van der Waals surface area (Å²) in [5.41, 5.74) is 1.46. The van der Waals surface area contributed by atoms with Crippen LogP contribution in [-0.4, -0.2) is 4.98 Å². The van der Waals surface area contributed by atoms with Crippen LogP contribution in [0.1, 0.15) is 83.4 Å². The van der Waals surface area contributed by atoms with Crippen LogP contribution in [0.3, 0.4) is 0 Å². The van der Waals surface area contributed by atoms with Crippen molar-refractivity contribution >= 4 is 31.5 Å². The van der Waals surface area contributed by atoms with Crippen molar-refractivity contribution in [1.29, 1.82) is 0 Å². The summed E-state index contributed by atoms with van der Waals surface area (Å²) in [7, 11) is 0. The minimum Gasteiger partial charge on any atom is -0.255 e. The Hall–Kier alpha value is -2.19. The van der Waals surface area contributed by atoms with Crippen molar-refractivity contribution in [3.05, 3.63) is 65.2 Å². The van der Waals surface area contributed by atoms with Gasteiger partial charge in [0.25, 0.3) is 0 Å². The minimum absolute atomic E-state index is 0.110. The summed E-state index contributed by atoms with van der Waals surface area (Å²) in [5.74, 6) is -0.441. The van der Waals surface area contributed by atoms with Gasteiger partial charge in [-0.25, -0.2) is 0 Å². The first-order chi connectivity index (χ1) is 18.3. The van der Waals surface area contributed by atoms with Crippen molar-refractivity contribution in [2.75, 3.05) is 0 Å². The number of pyridine rings is 1. The van der Waals surface area contributed by atoms with Crippen LogP contribution in [-0.2, 0) is 17.2 Å². The van der Waals surface area contributed by atoms with Gasteiger partial charge in [-0.2, -0.15) is 0 Å². The number of benzene rings is 2. The van der Waals surface area contributed by atoms with Gasteiger partial charge in [0, 0.05) is 30.0 Å². The minimum atomic E-state index is -1.86. The fraction of sp³-hybridized carbons (Fsp3) is 0.414. The molecule has 0 fully saturated rings. The number of fused-ring (bicyclic) bond motifs is 5. The smallest absolute Gasteiger partial charge is 0.0880 e. The zero-order valence-corrected chi connectivity index (χ0v) is 19.7. The first kappa shape index (κ1) is 12.7. The van der Waals surface area contributed by atoms with E-state index in [1.165, 1.54) is 17.4 Å². The Labute approximate surface area is 203 Å². The lowest BCUT2D eigenvalue weighted by atomic mass is 9.62. The molecule has 5 rings (SSSR count). The molecule has 0 radical (unpaired) electrons. The molecule has 31 heavy (non-hydrogen) atoms. The van der Waals surface area contributed by atoms with Gasteiger partial charge in [-0.3, -0.25) is 4.98 Å². The van der Waals surface area contributed by atoms with Gasteiger partial charge in [0.05, 0.1) is 20.0 Å². The van der Waals surface area contributed by atoms with Gasteiger partial charge >= 0.3 is 0 Å². The molecule has 0 amide bonds. The first-order valence-electron chi connectivity index (χ1n) is 15.3. The van der Waals surface area contributed by atoms with Gasteiger partial charge in [-0.05, 0) is 58.7 Å². The number of hydrogen-bond donors (Lipinski definition) is 0. The lowest BCUT2D eigenvalue weighted by molar-refractivity contribution is 0.334. The van der Waals surface area contributed by atoms with Gasteiger partial charge in [0.15, 0.2) is 0 Å². The number of nitrogens with zero attached hydrogens (tertiary/aromatic N) is 1. The predicted molar refractivity (Wildman–Crippen MR) is 136 cm³/mol. The largest absolute Gasteiger partial charge is 0.255 e. The Morgan fingerprint density at radius 1 is 1.06 bits per heavy atom. The molecule has 4 aromatic rings. The summed E-state index contributed by atoms with van der Waals surface area (Å²) in [4.78, 5) is 4.37. The van der Waals surface area contributed by atoms with Crippen molar-refractivity contribution in [1.82, 2.24) is 4.98 Å². The van der Waals surface area contributed by atoms with Crippen LogP contribution in [0.2, 0.25) is 0 Å². The number of thiophene rings is 1. The Balaban J connectivity index is 2.12. The van der Waals surface area contributed by atoms with Crippen molar-refractivity contribution in [3.8, 4) is 11.3 Å². The Bertz CT molecular complexity index is 1730. The van der Waals surface area contributed by atoms with E-state index in [0.29, 0.717) is 20.2 Å². The number of hydrogen-bond acceptors (Lipinski definition) is 2. The molecule has 2 aromatic heterocycles. The van der Waals surface area contributed by atoms with Crippen LogP contribution in [0.15, 0.2) is 48.5 Å². The third-order valence-electron chi connectivity index (χ3n) is 6.41. The molecule has 0 atom stereocenters. The van der Waals surface area contributed by atoms with E-state index in [4.69, 9.17) is 11.0 Å². The molecule has 0 unspecified atom stereocenters. The Morgan fingerprint density at radius 2 is 1.84 bits per heavy atom. The van der Waals surface area contributed by atoms with Crippen LogP contribution in [0.25, 0.3) is 31.4 Å². The highest BCUT2D eigenvalue weighted by molar-refractivity contribution is 7.26. The molecule has 2 heterocycles. The molecule has 2 heteroatoms. The SMILES string of the molecule is [2H]c1cc(-c2nc([2H])c([2H])c3c2sc2c(C([2H])([2H])C(C)C)c([2H])c4c(c23)C(C)(C)CCC4(C)C)c([2H])c([2H])c1[2H]. The quantitative estimate of drug-likeness (QED) is 0.313. The summed E-state index contributed by atoms with van der Waals surface area (Å²) < 4.78 is 79.4. The molecule has 1 nitrogen and oxygen atoms in total. The molecule has 0 bridgehead atoms. The van der Waals surface area contributed by atoms with Crippen molar-refractivity contribution < 1.29 is 12.3 Å². The van der Waals surface area contributed by atoms with E-state index in [9.17, 15) is 1.37 Å². The third kappa shape index (κ3) is 3.31. The second-order valence-electron chi connectivity index (χ2n) is 10.1. The van der Waals surface area contributed by atoms with Crippen molar-refractivity contribution in [2.24, 2.45) is 5.92 Å². The Kier molecular flexibility index (Phi) is 2.95. The van der Waals surface area contributed by atoms with E-state index >= 15 is 0 Å². The van der Waals surface area contributed by atoms with E-state index < -0.39 is 23.7 Å². The van der Waals surface area contributed by atoms with E-state index in [-0.39, 0.29) is 58.6 Å². The maximum absolute atomic E-state index is 9.46. The summed E-state index contributed by atoms with van der Waals surface area (Å²) >= 11 is 1.21. The number of rotatable bonds is 3. The van der Waals surface area contributed by atoms with Gasteiger partial charge in [0.2, 0.25) is 0 Å². The Morgan fingerprint density at radius 3 is 2.61 bits per heavy atom. The molecule has 1 aliphatic rings. The molecule has 0 N–H and O–H groups in total. The molecule has 0 aliphatic heterocycles. The van der Waals surface area contributed by atoms with Crippen molar-refractivity contribution in [3.63, 3.8) is 0 Å². The molecule has 0 saturated carbocycles. The molecule has 1 aliphatic carbocycles. The van der Waals surface area contributed by atoms with Crippen LogP contribution in [0.4, 0.5) is 0 Å². The second kappa shape index (κ2) is 7.17. The van der Waals surface area contributed by atoms with Crippen molar-refractivity contribution in [2.45, 2.75) is 71.6 Å². The molecule has 0 saturated heterocycles. The molecular formula is C29H33NS. The van der Waals surface area contributed by atoms with Crippen LogP contribution in [0, 0.1) is 5.92 Å². The van der Waals surface area contributed by atoms with Crippen LogP contribution < -0.4 is 0 Å². The molecule has 160 valence electrons. The maximum Gasteiger partial charge on any atom is 0.0880 e. The van der Waals surface area contributed by atoms with E-state index in [0.717, 1.165) is 24.0 Å². The van der Waals surface area contributed by atoms with Gasteiger partial charge in [-0.1, -0.05) is 77.8 Å². The monoisotopic (exact) mass is 436 g/mol. The summed E-state index contributed by atoms with van der Waals surface area (Å²) in [5, 5.41) is 1.11. The standard InChI is InChI=1S/C29H33NS/c1-18(2)16-20-17-22-24(29(5,6)14-13-28(22,3)4)23-21-12-15-30-25(27(21)31-26(20)23)19-10-8-7-9-11-19/h7-12,15,17-18H,13-14,16H2,1-6H3/i7D,8D,9D,10D,12D,15D,16D2,17D. The molecular weight excluding hydrogens is 394 g/mol. The van der Waals surface area contributed by atoms with E-state index in [1.807, 2.05) is 0 Å². The summed E-state index contributed by atoms with van der Waals surface area (Å²) in [6.45, 7) is 12.0. The highest BCUT2D eigenvalue weighted by Crippen LogP contribution is 2.53. The van der Waals surface area contributed by atoms with Gasteiger partial charge < -0.3 is 0 Å². The summed E-state index contributed by atoms with van der Waals surface area (Å²) in [6, 6.07) is 0.0793. The fourth-order valence-electron chi connectivity index (χ4n) is 4.73. The van der Waals surface area contributed by atoms with E-state index in [1.54, 1.807) is 13.8 Å². The van der Waals surface area contributed by atoms with Crippen LogP contribution in [0.5, 0.6) is 0 Å². The topological polar surface area (TPSA) is 12.9 Å². The lowest BCUT2D eigenvalue weighted by Crippen LogP contribution is -2.34. The molecule has 2 aromatic carbocycles. The zero-order valence-electron chi connectivity index (χ0n) is 27.9. The highest BCUT2D eigenvalue weighted by atomic mass is 32.1. The average molecular weight is 437 g/mol. The van der Waals surface area contributed by atoms with E-state index in [2.05, 4.69) is 32.7 Å². The summed E-state index contributed by atoms with van der Waals surface area (Å²) in [6.07, 6.45) is -0.528. The first-order valence-corrected chi connectivity index (χ1v) is 11.6. The van der Waals surface area contributed by atoms with Gasteiger partial charge in [0.1, 0.15) is 0 Å².